The summed E-state index contributed by atoms with van der Waals surface area (Å²) < 4.78 is 6.97. The van der Waals surface area contributed by atoms with Crippen LogP contribution in [-0.2, 0) is 12.3 Å². The molecule has 142 valence electrons. The molecule has 2 heterocycles. The minimum atomic E-state index is -0.0539. The van der Waals surface area contributed by atoms with Crippen molar-refractivity contribution < 1.29 is 4.52 Å². The molecule has 2 aromatic heterocycles. The molecule has 0 unspecified atom stereocenters. The van der Waals surface area contributed by atoms with Gasteiger partial charge in [0.15, 0.2) is 5.16 Å². The number of hydrogen-bond acceptors (Lipinski definition) is 5. The topological polar surface area (TPSA) is 60.9 Å². The van der Waals surface area contributed by atoms with Gasteiger partial charge in [-0.2, -0.15) is 0 Å². The summed E-state index contributed by atoms with van der Waals surface area (Å²) in [6.07, 6.45) is 0. The number of hydrogen-bond donors (Lipinski definition) is 0. The van der Waals surface area contributed by atoms with Crippen molar-refractivity contribution in [2.45, 2.75) is 31.3 Å². The molecule has 0 saturated carbocycles. The summed E-state index contributed by atoms with van der Waals surface area (Å²) >= 11 is 7.50. The number of aromatic nitrogens is 3. The Morgan fingerprint density at radius 3 is 2.57 bits per heavy atom. The molecule has 0 bridgehead atoms. The van der Waals surface area contributed by atoms with E-state index >= 15 is 0 Å². The average Bonchev–Trinajstić information content (AvgIpc) is 3.02. The Hall–Kier alpha value is -2.57. The minimum absolute atomic E-state index is 0.0539. The Kier molecular flexibility index (Phi) is 5.24. The minimum Gasteiger partial charge on any atom is -0.361 e. The van der Waals surface area contributed by atoms with Crippen LogP contribution in [0.25, 0.3) is 10.9 Å². The van der Waals surface area contributed by atoms with E-state index in [1.807, 2.05) is 62.4 Å². The van der Waals surface area contributed by atoms with Crippen LogP contribution in [0.4, 0.5) is 0 Å². The molecule has 0 saturated heterocycles. The van der Waals surface area contributed by atoms with E-state index in [2.05, 4.69) is 5.16 Å². The summed E-state index contributed by atoms with van der Waals surface area (Å²) in [5, 5.41) is 5.95. The van der Waals surface area contributed by atoms with Crippen LogP contribution in [0, 0.1) is 13.8 Å². The lowest BCUT2D eigenvalue weighted by atomic mass is 10.2. The van der Waals surface area contributed by atoms with Gasteiger partial charge in [0.1, 0.15) is 5.76 Å². The monoisotopic (exact) mass is 411 g/mol. The molecule has 4 rings (SSSR count). The third kappa shape index (κ3) is 3.70. The number of aryl methyl sites for hydroxylation is 2. The highest BCUT2D eigenvalue weighted by atomic mass is 35.5. The quantitative estimate of drug-likeness (QED) is 0.342. The van der Waals surface area contributed by atoms with Gasteiger partial charge in [-0.3, -0.25) is 9.36 Å². The van der Waals surface area contributed by atoms with Crippen molar-refractivity contribution in [3.05, 3.63) is 86.5 Å². The maximum Gasteiger partial charge on any atom is 0.262 e. The SMILES string of the molecule is Cc1noc(C)c1CSc1nc2ccccc2c(=O)n1Cc1ccc(Cl)cc1. The van der Waals surface area contributed by atoms with Crippen LogP contribution in [0.5, 0.6) is 0 Å². The summed E-state index contributed by atoms with van der Waals surface area (Å²) in [6.45, 7) is 4.24. The molecular formula is C21H18ClN3O2S. The van der Waals surface area contributed by atoms with Gasteiger partial charge in [-0.05, 0) is 43.7 Å². The molecule has 0 fully saturated rings. The lowest BCUT2D eigenvalue weighted by Crippen LogP contribution is -2.24. The fourth-order valence-corrected chi connectivity index (χ4v) is 4.29. The second kappa shape index (κ2) is 7.81. The Balaban J connectivity index is 1.76. The van der Waals surface area contributed by atoms with Crippen molar-refractivity contribution in [1.29, 1.82) is 0 Å². The third-order valence-corrected chi connectivity index (χ3v) is 5.86. The van der Waals surface area contributed by atoms with Crippen LogP contribution < -0.4 is 5.56 Å². The number of fused-ring (bicyclic) bond motifs is 1. The number of para-hydroxylation sites is 1. The van der Waals surface area contributed by atoms with Crippen LogP contribution in [0.1, 0.15) is 22.6 Å². The third-order valence-electron chi connectivity index (χ3n) is 4.61. The van der Waals surface area contributed by atoms with Crippen molar-refractivity contribution >= 4 is 34.3 Å². The van der Waals surface area contributed by atoms with E-state index in [0.717, 1.165) is 22.6 Å². The lowest BCUT2D eigenvalue weighted by molar-refractivity contribution is 0.392. The van der Waals surface area contributed by atoms with E-state index in [1.165, 1.54) is 11.8 Å². The maximum atomic E-state index is 13.2. The first-order valence-corrected chi connectivity index (χ1v) is 10.2. The molecule has 0 aliphatic carbocycles. The van der Waals surface area contributed by atoms with Gasteiger partial charge in [-0.1, -0.05) is 52.8 Å². The standard InChI is InChI=1S/C21H18ClN3O2S/c1-13-18(14(2)27-24-13)12-28-21-23-19-6-4-3-5-17(19)20(26)25(21)11-15-7-9-16(22)10-8-15/h3-10H,11-12H2,1-2H3. The zero-order chi connectivity index (χ0) is 19.7. The molecule has 2 aromatic carbocycles. The predicted octanol–water partition coefficient (Wildman–Crippen LogP) is 5.00. The van der Waals surface area contributed by atoms with E-state index in [9.17, 15) is 4.79 Å². The maximum absolute atomic E-state index is 13.2. The van der Waals surface area contributed by atoms with E-state index in [1.54, 1.807) is 4.57 Å². The van der Waals surface area contributed by atoms with Crippen molar-refractivity contribution in [1.82, 2.24) is 14.7 Å². The highest BCUT2D eigenvalue weighted by Crippen LogP contribution is 2.26. The second-order valence-electron chi connectivity index (χ2n) is 6.52. The molecule has 4 aromatic rings. The van der Waals surface area contributed by atoms with Gasteiger partial charge < -0.3 is 4.52 Å². The molecule has 0 radical (unpaired) electrons. The van der Waals surface area contributed by atoms with Crippen LogP contribution in [0.2, 0.25) is 5.02 Å². The second-order valence-corrected chi connectivity index (χ2v) is 7.90. The number of nitrogens with zero attached hydrogens (tertiary/aromatic N) is 3. The first kappa shape index (κ1) is 18.8. The van der Waals surface area contributed by atoms with Crippen LogP contribution in [0.15, 0.2) is 63.0 Å². The molecule has 28 heavy (non-hydrogen) atoms. The zero-order valence-electron chi connectivity index (χ0n) is 15.5. The number of benzene rings is 2. The molecule has 0 aliphatic rings. The fraction of sp³-hybridized carbons (Fsp3) is 0.190. The highest BCUT2D eigenvalue weighted by Gasteiger charge is 2.15. The van der Waals surface area contributed by atoms with E-state index in [0.29, 0.717) is 33.4 Å². The summed E-state index contributed by atoms with van der Waals surface area (Å²) in [4.78, 5) is 17.9. The van der Waals surface area contributed by atoms with Gasteiger partial charge in [-0.25, -0.2) is 4.98 Å². The van der Waals surface area contributed by atoms with Crippen LogP contribution in [-0.4, -0.2) is 14.7 Å². The first-order chi connectivity index (χ1) is 13.5. The molecule has 0 atom stereocenters. The smallest absolute Gasteiger partial charge is 0.262 e. The van der Waals surface area contributed by atoms with Crippen molar-refractivity contribution in [3.8, 4) is 0 Å². The normalized spacial score (nSPS) is 11.2. The Morgan fingerprint density at radius 2 is 1.86 bits per heavy atom. The zero-order valence-corrected chi connectivity index (χ0v) is 17.0. The molecule has 0 spiro atoms. The van der Waals surface area contributed by atoms with Gasteiger partial charge in [-0.15, -0.1) is 0 Å². The Labute approximate surface area is 171 Å². The molecule has 7 heteroatoms. The van der Waals surface area contributed by atoms with E-state index < -0.39 is 0 Å². The fourth-order valence-electron chi connectivity index (χ4n) is 3.01. The first-order valence-electron chi connectivity index (χ1n) is 8.81. The van der Waals surface area contributed by atoms with E-state index in [4.69, 9.17) is 21.1 Å². The van der Waals surface area contributed by atoms with Gasteiger partial charge in [0.2, 0.25) is 0 Å². The molecular weight excluding hydrogens is 394 g/mol. The van der Waals surface area contributed by atoms with Crippen LogP contribution in [0.3, 0.4) is 0 Å². The summed E-state index contributed by atoms with van der Waals surface area (Å²) in [5.74, 6) is 1.42. The van der Waals surface area contributed by atoms with Gasteiger partial charge in [0.25, 0.3) is 5.56 Å². The molecule has 0 N–H and O–H groups in total. The lowest BCUT2D eigenvalue weighted by Gasteiger charge is -2.13. The summed E-state index contributed by atoms with van der Waals surface area (Å²) in [6, 6.07) is 14.9. The van der Waals surface area contributed by atoms with Crippen LogP contribution >= 0.6 is 23.4 Å². The molecule has 0 amide bonds. The predicted molar refractivity (Wildman–Crippen MR) is 112 cm³/mol. The molecule has 5 nitrogen and oxygen atoms in total. The van der Waals surface area contributed by atoms with Crippen molar-refractivity contribution in [3.63, 3.8) is 0 Å². The molecule has 0 aliphatic heterocycles. The van der Waals surface area contributed by atoms with Gasteiger partial charge in [0, 0.05) is 16.3 Å². The van der Waals surface area contributed by atoms with E-state index in [-0.39, 0.29) is 5.56 Å². The van der Waals surface area contributed by atoms with Crippen molar-refractivity contribution in [2.75, 3.05) is 0 Å². The summed E-state index contributed by atoms with van der Waals surface area (Å²) in [5.41, 5.74) is 3.52. The number of halogens is 1. The Morgan fingerprint density at radius 1 is 1.11 bits per heavy atom. The number of thioether (sulfide) groups is 1. The highest BCUT2D eigenvalue weighted by molar-refractivity contribution is 7.98. The van der Waals surface area contributed by atoms with Crippen molar-refractivity contribution in [2.24, 2.45) is 0 Å². The average molecular weight is 412 g/mol. The number of rotatable bonds is 5. The van der Waals surface area contributed by atoms with Gasteiger partial charge >= 0.3 is 0 Å². The Bertz CT molecular complexity index is 1180. The van der Waals surface area contributed by atoms with Gasteiger partial charge in [0.05, 0.1) is 23.1 Å². The summed E-state index contributed by atoms with van der Waals surface area (Å²) in [7, 11) is 0. The largest absolute Gasteiger partial charge is 0.361 e.